The third-order valence-corrected chi connectivity index (χ3v) is 6.45. The molecular weight excluding hydrogens is 432 g/mol. The minimum atomic E-state index is -3.49. The molecule has 32 heavy (non-hydrogen) atoms. The van der Waals surface area contributed by atoms with Crippen LogP contribution in [0.3, 0.4) is 0 Å². The molecule has 9 heteroatoms. The fourth-order valence-corrected chi connectivity index (χ4v) is 4.32. The zero-order valence-electron chi connectivity index (χ0n) is 19.3. The van der Waals surface area contributed by atoms with E-state index in [9.17, 15) is 13.2 Å². The highest BCUT2D eigenvalue weighted by Crippen LogP contribution is 2.38. The molecule has 0 spiro atoms. The molecule has 0 saturated heterocycles. The average Bonchev–Trinajstić information content (AvgIpc) is 2.80. The summed E-state index contributed by atoms with van der Waals surface area (Å²) < 4.78 is 42.9. The first-order chi connectivity index (χ1) is 15.2. The molecule has 2 rings (SSSR count). The first-order valence-electron chi connectivity index (χ1n) is 10.4. The van der Waals surface area contributed by atoms with Crippen molar-refractivity contribution >= 4 is 15.9 Å². The van der Waals surface area contributed by atoms with Gasteiger partial charge in [-0.2, -0.15) is 0 Å². The predicted octanol–water partition coefficient (Wildman–Crippen LogP) is 2.99. The molecule has 1 N–H and O–H groups in total. The third-order valence-electron chi connectivity index (χ3n) is 4.97. The Bertz CT molecular complexity index is 981. The van der Waals surface area contributed by atoms with E-state index in [0.717, 1.165) is 17.5 Å². The first kappa shape index (κ1) is 25.5. The van der Waals surface area contributed by atoms with Crippen LogP contribution in [0, 0.1) is 0 Å². The van der Waals surface area contributed by atoms with Crippen molar-refractivity contribution in [2.24, 2.45) is 0 Å². The Morgan fingerprint density at radius 1 is 0.969 bits per heavy atom. The van der Waals surface area contributed by atoms with Gasteiger partial charge < -0.3 is 19.1 Å². The fraction of sp³-hybridized carbons (Fsp3) is 0.435. The highest BCUT2D eigenvalue weighted by atomic mass is 32.2. The maximum atomic E-state index is 12.6. The zero-order valence-corrected chi connectivity index (χ0v) is 20.1. The number of aryl methyl sites for hydroxylation is 1. The van der Waals surface area contributed by atoms with Crippen molar-refractivity contribution in [3.05, 3.63) is 47.5 Å². The molecule has 2 aromatic carbocycles. The number of ether oxygens (including phenoxy) is 3. The molecular formula is C23H32N2O6S. The normalized spacial score (nSPS) is 11.2. The molecule has 0 aliphatic rings. The Hall–Kier alpha value is -2.78. The van der Waals surface area contributed by atoms with Gasteiger partial charge in [-0.3, -0.25) is 4.79 Å². The summed E-state index contributed by atoms with van der Waals surface area (Å²) in [5, 5.41) is 0. The number of benzene rings is 2. The van der Waals surface area contributed by atoms with Crippen LogP contribution >= 0.6 is 0 Å². The first-order valence-corrected chi connectivity index (χ1v) is 11.9. The highest BCUT2D eigenvalue weighted by Gasteiger charge is 2.17. The van der Waals surface area contributed by atoms with Crippen molar-refractivity contribution in [3.8, 4) is 17.2 Å². The largest absolute Gasteiger partial charge is 0.493 e. The molecule has 0 aliphatic carbocycles. The minimum absolute atomic E-state index is 0.0277. The van der Waals surface area contributed by atoms with Gasteiger partial charge in [0.1, 0.15) is 0 Å². The SMILES string of the molecule is CCCNS(=O)(=O)c1ccc(CCC(=O)N(C)Cc2cc(OC)c(OC)c(OC)c2)cc1. The number of carbonyl (C=O) groups excluding carboxylic acids is 1. The van der Waals surface area contributed by atoms with Gasteiger partial charge in [0.2, 0.25) is 21.7 Å². The molecule has 176 valence electrons. The molecule has 0 aromatic heterocycles. The number of hydrogen-bond acceptors (Lipinski definition) is 6. The highest BCUT2D eigenvalue weighted by molar-refractivity contribution is 7.89. The number of rotatable bonds is 12. The Labute approximate surface area is 190 Å². The van der Waals surface area contributed by atoms with Gasteiger partial charge in [0.25, 0.3) is 0 Å². The molecule has 8 nitrogen and oxygen atoms in total. The van der Waals surface area contributed by atoms with Crippen LogP contribution in [0.15, 0.2) is 41.3 Å². The van der Waals surface area contributed by atoms with Crippen LogP contribution in [0.5, 0.6) is 17.2 Å². The smallest absolute Gasteiger partial charge is 0.240 e. The lowest BCUT2D eigenvalue weighted by Crippen LogP contribution is -2.26. The summed E-state index contributed by atoms with van der Waals surface area (Å²) in [6.07, 6.45) is 1.55. The van der Waals surface area contributed by atoms with Crippen LogP contribution < -0.4 is 18.9 Å². The van der Waals surface area contributed by atoms with Gasteiger partial charge in [-0.25, -0.2) is 13.1 Å². The number of nitrogens with one attached hydrogen (secondary N) is 1. The number of sulfonamides is 1. The summed E-state index contributed by atoms with van der Waals surface area (Å²) >= 11 is 0. The lowest BCUT2D eigenvalue weighted by Gasteiger charge is -2.19. The van der Waals surface area contributed by atoms with E-state index < -0.39 is 10.0 Å². The monoisotopic (exact) mass is 464 g/mol. The fourth-order valence-electron chi connectivity index (χ4n) is 3.19. The molecule has 0 bridgehead atoms. The van der Waals surface area contributed by atoms with E-state index in [2.05, 4.69) is 4.72 Å². The molecule has 0 saturated carbocycles. The summed E-state index contributed by atoms with van der Waals surface area (Å²) in [5.41, 5.74) is 1.75. The average molecular weight is 465 g/mol. The number of nitrogens with zero attached hydrogens (tertiary/aromatic N) is 1. The van der Waals surface area contributed by atoms with E-state index in [-0.39, 0.29) is 10.8 Å². The minimum Gasteiger partial charge on any atom is -0.493 e. The summed E-state index contributed by atoms with van der Waals surface area (Å²) in [4.78, 5) is 14.5. The summed E-state index contributed by atoms with van der Waals surface area (Å²) in [6.45, 7) is 2.69. The van der Waals surface area contributed by atoms with Crippen LogP contribution in [0.2, 0.25) is 0 Å². The summed E-state index contributed by atoms with van der Waals surface area (Å²) in [5.74, 6) is 1.54. The van der Waals surface area contributed by atoms with Crippen molar-refractivity contribution in [3.63, 3.8) is 0 Å². The van der Waals surface area contributed by atoms with E-state index in [1.54, 1.807) is 57.5 Å². The van der Waals surface area contributed by atoms with Crippen LogP contribution in [0.1, 0.15) is 30.9 Å². The van der Waals surface area contributed by atoms with Crippen molar-refractivity contribution < 1.29 is 27.4 Å². The summed E-state index contributed by atoms with van der Waals surface area (Å²) in [6, 6.07) is 10.3. The predicted molar refractivity (Wildman–Crippen MR) is 123 cm³/mol. The van der Waals surface area contributed by atoms with Gasteiger partial charge >= 0.3 is 0 Å². The van der Waals surface area contributed by atoms with Crippen molar-refractivity contribution in [2.75, 3.05) is 34.9 Å². The van der Waals surface area contributed by atoms with Crippen molar-refractivity contribution in [1.29, 1.82) is 0 Å². The Morgan fingerprint density at radius 2 is 1.56 bits per heavy atom. The molecule has 1 amide bonds. The molecule has 0 fully saturated rings. The second-order valence-corrected chi connectivity index (χ2v) is 9.09. The molecule has 0 aliphatic heterocycles. The molecule has 0 atom stereocenters. The second kappa shape index (κ2) is 11.7. The maximum Gasteiger partial charge on any atom is 0.240 e. The van der Waals surface area contributed by atoms with E-state index in [1.165, 1.54) is 0 Å². The van der Waals surface area contributed by atoms with Gasteiger partial charge in [-0.05, 0) is 48.2 Å². The summed E-state index contributed by atoms with van der Waals surface area (Å²) in [7, 11) is 2.88. The lowest BCUT2D eigenvalue weighted by molar-refractivity contribution is -0.130. The van der Waals surface area contributed by atoms with Crippen LogP contribution in [-0.2, 0) is 27.8 Å². The second-order valence-electron chi connectivity index (χ2n) is 7.33. The molecule has 0 unspecified atom stereocenters. The topological polar surface area (TPSA) is 94.2 Å². The van der Waals surface area contributed by atoms with Crippen molar-refractivity contribution in [1.82, 2.24) is 9.62 Å². The van der Waals surface area contributed by atoms with Gasteiger partial charge in [-0.1, -0.05) is 19.1 Å². The maximum absolute atomic E-state index is 12.6. The van der Waals surface area contributed by atoms with E-state index in [0.29, 0.717) is 43.2 Å². The van der Waals surface area contributed by atoms with Gasteiger partial charge in [-0.15, -0.1) is 0 Å². The van der Waals surface area contributed by atoms with Gasteiger partial charge in [0, 0.05) is 26.6 Å². The van der Waals surface area contributed by atoms with E-state index in [4.69, 9.17) is 14.2 Å². The molecule has 0 heterocycles. The van der Waals surface area contributed by atoms with Gasteiger partial charge in [0.05, 0.1) is 26.2 Å². The van der Waals surface area contributed by atoms with Crippen LogP contribution in [0.4, 0.5) is 0 Å². The van der Waals surface area contributed by atoms with Crippen LogP contribution in [-0.4, -0.2) is 54.1 Å². The number of hydrogen-bond donors (Lipinski definition) is 1. The molecule has 2 aromatic rings. The van der Waals surface area contributed by atoms with Crippen LogP contribution in [0.25, 0.3) is 0 Å². The van der Waals surface area contributed by atoms with E-state index in [1.807, 2.05) is 19.1 Å². The van der Waals surface area contributed by atoms with Crippen molar-refractivity contribution in [2.45, 2.75) is 37.6 Å². The quantitative estimate of drug-likeness (QED) is 0.519. The molecule has 0 radical (unpaired) electrons. The van der Waals surface area contributed by atoms with Gasteiger partial charge in [0.15, 0.2) is 11.5 Å². The Kier molecular flexibility index (Phi) is 9.34. The number of amides is 1. The zero-order chi connectivity index (χ0) is 23.7. The van der Waals surface area contributed by atoms with E-state index >= 15 is 0 Å². The Balaban J connectivity index is 1.99. The number of carbonyl (C=O) groups is 1. The standard InChI is InChI=1S/C23H32N2O6S/c1-6-13-24-32(27,28)19-10-7-17(8-11-19)9-12-22(26)25(2)16-18-14-20(29-3)23(31-5)21(15-18)30-4/h7-8,10-11,14-15,24H,6,9,12-13,16H2,1-5H3. The third kappa shape index (κ3) is 6.61. The Morgan fingerprint density at radius 3 is 2.06 bits per heavy atom. The lowest BCUT2D eigenvalue weighted by atomic mass is 10.1. The number of methoxy groups -OCH3 is 3.